The van der Waals surface area contributed by atoms with E-state index in [1.807, 2.05) is 12.1 Å². The highest BCUT2D eigenvalue weighted by Crippen LogP contribution is 2.27. The van der Waals surface area contributed by atoms with Crippen LogP contribution in [-0.2, 0) is 0 Å². The minimum Gasteiger partial charge on any atom is -0.481 e. The van der Waals surface area contributed by atoms with Gasteiger partial charge in [-0.2, -0.15) is 0 Å². The Labute approximate surface area is 117 Å². The van der Waals surface area contributed by atoms with Crippen LogP contribution in [0.5, 0.6) is 5.88 Å². The van der Waals surface area contributed by atoms with Gasteiger partial charge in [0, 0.05) is 23.2 Å². The molecule has 0 N–H and O–H groups in total. The largest absolute Gasteiger partial charge is 0.481 e. The van der Waals surface area contributed by atoms with Crippen LogP contribution in [0.25, 0.3) is 22.2 Å². The van der Waals surface area contributed by atoms with E-state index in [0.29, 0.717) is 5.88 Å². The molecule has 0 aliphatic heterocycles. The van der Waals surface area contributed by atoms with Crippen molar-refractivity contribution in [2.75, 3.05) is 7.11 Å². The molecular formula is C16H15N3O. The summed E-state index contributed by atoms with van der Waals surface area (Å²) < 4.78 is 5.08. The molecule has 2 heterocycles. The molecule has 100 valence electrons. The zero-order valence-electron chi connectivity index (χ0n) is 11.7. The van der Waals surface area contributed by atoms with Gasteiger partial charge < -0.3 is 4.74 Å². The summed E-state index contributed by atoms with van der Waals surface area (Å²) in [7, 11) is 1.61. The molecule has 0 atom stereocenters. The lowest BCUT2D eigenvalue weighted by atomic mass is 10.0. The molecule has 3 rings (SSSR count). The summed E-state index contributed by atoms with van der Waals surface area (Å²) in [6.45, 7) is 4.18. The van der Waals surface area contributed by atoms with Crippen molar-refractivity contribution in [3.8, 4) is 17.1 Å². The molecular weight excluding hydrogens is 250 g/mol. The number of hydrogen-bond acceptors (Lipinski definition) is 4. The van der Waals surface area contributed by atoms with E-state index in [2.05, 4.69) is 40.9 Å². The molecule has 0 aliphatic carbocycles. The van der Waals surface area contributed by atoms with Crippen LogP contribution in [0.3, 0.4) is 0 Å². The third kappa shape index (κ3) is 2.09. The number of rotatable bonds is 2. The van der Waals surface area contributed by atoms with Crippen molar-refractivity contribution in [1.29, 1.82) is 0 Å². The van der Waals surface area contributed by atoms with Gasteiger partial charge in [-0.15, -0.1) is 0 Å². The van der Waals surface area contributed by atoms with E-state index >= 15 is 0 Å². The first-order valence-electron chi connectivity index (χ1n) is 6.41. The van der Waals surface area contributed by atoms with Crippen molar-refractivity contribution in [1.82, 2.24) is 15.0 Å². The van der Waals surface area contributed by atoms with Crippen molar-refractivity contribution in [3.63, 3.8) is 0 Å². The molecule has 4 heteroatoms. The van der Waals surface area contributed by atoms with Gasteiger partial charge in [-0.05, 0) is 43.2 Å². The number of fused-ring (bicyclic) bond motifs is 1. The number of nitrogens with zero attached hydrogens (tertiary/aromatic N) is 3. The second-order valence-corrected chi connectivity index (χ2v) is 4.77. The third-order valence-electron chi connectivity index (χ3n) is 3.47. The maximum Gasteiger partial charge on any atom is 0.212 e. The first-order valence-corrected chi connectivity index (χ1v) is 6.41. The van der Waals surface area contributed by atoms with Gasteiger partial charge in [0.1, 0.15) is 6.33 Å². The molecule has 0 saturated heterocycles. The minimum absolute atomic E-state index is 0.596. The van der Waals surface area contributed by atoms with Crippen molar-refractivity contribution in [2.24, 2.45) is 0 Å². The zero-order chi connectivity index (χ0) is 14.1. The maximum absolute atomic E-state index is 5.08. The van der Waals surface area contributed by atoms with Gasteiger partial charge in [-0.1, -0.05) is 0 Å². The van der Waals surface area contributed by atoms with Crippen LogP contribution in [-0.4, -0.2) is 22.1 Å². The molecule has 0 unspecified atom stereocenters. The molecule has 0 saturated carbocycles. The quantitative estimate of drug-likeness (QED) is 0.713. The Bertz CT molecular complexity index is 767. The van der Waals surface area contributed by atoms with Gasteiger partial charge >= 0.3 is 0 Å². The van der Waals surface area contributed by atoms with Crippen LogP contribution in [0.2, 0.25) is 0 Å². The summed E-state index contributed by atoms with van der Waals surface area (Å²) in [4.78, 5) is 13.0. The molecule has 0 amide bonds. The fraction of sp³-hybridized carbons (Fsp3) is 0.188. The van der Waals surface area contributed by atoms with E-state index in [0.717, 1.165) is 22.2 Å². The summed E-state index contributed by atoms with van der Waals surface area (Å²) in [5, 5.41) is 1.04. The molecule has 0 spiro atoms. The van der Waals surface area contributed by atoms with Gasteiger partial charge in [-0.3, -0.25) is 0 Å². The molecule has 20 heavy (non-hydrogen) atoms. The Morgan fingerprint density at radius 2 is 1.75 bits per heavy atom. The Morgan fingerprint density at radius 3 is 2.45 bits per heavy atom. The van der Waals surface area contributed by atoms with E-state index < -0.39 is 0 Å². The number of benzene rings is 1. The lowest BCUT2D eigenvalue weighted by molar-refractivity contribution is 0.398. The Morgan fingerprint density at radius 1 is 0.950 bits per heavy atom. The van der Waals surface area contributed by atoms with E-state index in [1.54, 1.807) is 19.6 Å². The van der Waals surface area contributed by atoms with E-state index in [4.69, 9.17) is 4.74 Å². The van der Waals surface area contributed by atoms with Gasteiger partial charge in [0.25, 0.3) is 0 Å². The van der Waals surface area contributed by atoms with Crippen molar-refractivity contribution >= 4 is 10.9 Å². The normalized spacial score (nSPS) is 10.8. The average Bonchev–Trinajstić information content (AvgIpc) is 2.48. The third-order valence-corrected chi connectivity index (χ3v) is 3.47. The van der Waals surface area contributed by atoms with Crippen LogP contribution in [0.1, 0.15) is 11.1 Å². The summed E-state index contributed by atoms with van der Waals surface area (Å²) in [5.74, 6) is 0.596. The topological polar surface area (TPSA) is 47.9 Å². The van der Waals surface area contributed by atoms with Crippen LogP contribution < -0.4 is 4.74 Å². The fourth-order valence-electron chi connectivity index (χ4n) is 2.19. The lowest BCUT2D eigenvalue weighted by Crippen LogP contribution is -1.93. The second-order valence-electron chi connectivity index (χ2n) is 4.77. The zero-order valence-corrected chi connectivity index (χ0v) is 11.7. The lowest BCUT2D eigenvalue weighted by Gasteiger charge is -2.08. The van der Waals surface area contributed by atoms with E-state index in [1.165, 1.54) is 11.1 Å². The van der Waals surface area contributed by atoms with Crippen LogP contribution >= 0.6 is 0 Å². The van der Waals surface area contributed by atoms with Gasteiger partial charge in [0.05, 0.1) is 18.3 Å². The van der Waals surface area contributed by atoms with Crippen LogP contribution in [0.4, 0.5) is 0 Å². The number of pyridine rings is 1. The van der Waals surface area contributed by atoms with Crippen molar-refractivity contribution in [2.45, 2.75) is 13.8 Å². The minimum atomic E-state index is 0.596. The molecule has 3 aromatic rings. The molecule has 0 radical (unpaired) electrons. The molecule has 4 nitrogen and oxygen atoms in total. The fourth-order valence-corrected chi connectivity index (χ4v) is 2.19. The van der Waals surface area contributed by atoms with E-state index in [-0.39, 0.29) is 0 Å². The van der Waals surface area contributed by atoms with Crippen molar-refractivity contribution < 1.29 is 4.74 Å². The van der Waals surface area contributed by atoms with Crippen LogP contribution in [0, 0.1) is 13.8 Å². The Kier molecular flexibility index (Phi) is 3.06. The molecule has 0 fully saturated rings. The monoisotopic (exact) mass is 265 g/mol. The number of methoxy groups -OCH3 is 1. The number of hydrogen-bond donors (Lipinski definition) is 0. The van der Waals surface area contributed by atoms with E-state index in [9.17, 15) is 0 Å². The summed E-state index contributed by atoms with van der Waals surface area (Å²) in [6, 6.07) is 8.02. The summed E-state index contributed by atoms with van der Waals surface area (Å²) in [5.41, 5.74) is 5.27. The number of ether oxygens (including phenoxy) is 1. The summed E-state index contributed by atoms with van der Waals surface area (Å²) in [6.07, 6.45) is 3.37. The summed E-state index contributed by atoms with van der Waals surface area (Å²) >= 11 is 0. The maximum atomic E-state index is 5.08. The van der Waals surface area contributed by atoms with Gasteiger partial charge in [-0.25, -0.2) is 15.0 Å². The number of aryl methyl sites for hydroxylation is 2. The van der Waals surface area contributed by atoms with Gasteiger partial charge in [0.2, 0.25) is 5.88 Å². The highest BCUT2D eigenvalue weighted by molar-refractivity contribution is 5.92. The first kappa shape index (κ1) is 12.5. The highest BCUT2D eigenvalue weighted by atomic mass is 16.5. The first-order chi connectivity index (χ1) is 9.69. The Balaban J connectivity index is 2.22. The Hall–Kier alpha value is -2.49. The molecule has 2 aromatic heterocycles. The average molecular weight is 265 g/mol. The smallest absolute Gasteiger partial charge is 0.212 e. The highest BCUT2D eigenvalue weighted by Gasteiger charge is 2.08. The second kappa shape index (κ2) is 4.89. The number of aromatic nitrogens is 3. The standard InChI is InChI=1S/C16H15N3O/c1-10-6-13-14(7-11(10)2)18-9-19-16(13)12-4-5-15(20-3)17-8-12/h4-9H,1-3H3. The van der Waals surface area contributed by atoms with Crippen molar-refractivity contribution in [3.05, 3.63) is 47.9 Å². The predicted molar refractivity (Wildman–Crippen MR) is 78.8 cm³/mol. The molecule has 1 aromatic carbocycles. The van der Waals surface area contributed by atoms with Crippen LogP contribution in [0.15, 0.2) is 36.8 Å². The SMILES string of the molecule is COc1ccc(-c2ncnc3cc(C)c(C)cc23)cn1. The predicted octanol–water partition coefficient (Wildman–Crippen LogP) is 3.32. The molecule has 0 aliphatic rings. The van der Waals surface area contributed by atoms with Gasteiger partial charge in [0.15, 0.2) is 0 Å². The molecule has 0 bridgehead atoms.